The van der Waals surface area contributed by atoms with E-state index in [9.17, 15) is 4.79 Å². The summed E-state index contributed by atoms with van der Waals surface area (Å²) in [5.41, 5.74) is 4.42. The number of nitrogens with zero attached hydrogens (tertiary/aromatic N) is 2. The van der Waals surface area contributed by atoms with E-state index >= 15 is 0 Å². The van der Waals surface area contributed by atoms with Crippen molar-refractivity contribution in [1.82, 2.24) is 9.38 Å². The van der Waals surface area contributed by atoms with E-state index < -0.39 is 0 Å². The molecule has 3 nitrogen and oxygen atoms in total. The number of ketones is 1. The third-order valence-electron chi connectivity index (χ3n) is 4.89. The fourth-order valence-corrected chi connectivity index (χ4v) is 4.71. The third kappa shape index (κ3) is 2.41. The molecule has 2 heterocycles. The highest BCUT2D eigenvalue weighted by Crippen LogP contribution is 2.37. The van der Waals surface area contributed by atoms with Crippen molar-refractivity contribution >= 4 is 22.1 Å². The number of hydrogen-bond acceptors (Lipinski definition) is 3. The van der Waals surface area contributed by atoms with Crippen molar-refractivity contribution in [2.24, 2.45) is 0 Å². The summed E-state index contributed by atoms with van der Waals surface area (Å²) in [5.74, 6) is 0.494. The Balaban J connectivity index is 1.59. The number of aromatic nitrogens is 2. The number of hydrogen-bond donors (Lipinski definition) is 0. The van der Waals surface area contributed by atoms with Gasteiger partial charge in [-0.2, -0.15) is 0 Å². The first-order valence-corrected chi connectivity index (χ1v) is 9.25. The molecule has 0 saturated heterocycles. The molecule has 0 saturated carbocycles. The van der Waals surface area contributed by atoms with Crippen molar-refractivity contribution in [3.05, 3.63) is 83.0 Å². The smallest absolute Gasteiger partial charge is 0.195 e. The first kappa shape index (κ1) is 14.6. The van der Waals surface area contributed by atoms with E-state index in [0.717, 1.165) is 33.2 Å². The molecular weight excluding hydrogens is 328 g/mol. The molecule has 2 aromatic heterocycles. The van der Waals surface area contributed by atoms with Crippen LogP contribution < -0.4 is 0 Å². The lowest BCUT2D eigenvalue weighted by atomic mass is 9.84. The van der Waals surface area contributed by atoms with Gasteiger partial charge >= 0.3 is 0 Å². The van der Waals surface area contributed by atoms with Gasteiger partial charge in [-0.05, 0) is 17.9 Å². The number of benzene rings is 2. The maximum atomic E-state index is 12.7. The summed E-state index contributed by atoms with van der Waals surface area (Å²) in [7, 11) is 0. The zero-order valence-corrected chi connectivity index (χ0v) is 14.4. The van der Waals surface area contributed by atoms with Gasteiger partial charge in [-0.3, -0.25) is 9.20 Å². The van der Waals surface area contributed by atoms with E-state index in [-0.39, 0.29) is 11.7 Å². The Morgan fingerprint density at radius 3 is 2.44 bits per heavy atom. The fourth-order valence-electron chi connectivity index (χ4n) is 3.63. The van der Waals surface area contributed by atoms with E-state index in [4.69, 9.17) is 4.98 Å². The highest BCUT2D eigenvalue weighted by Gasteiger charge is 2.30. The highest BCUT2D eigenvalue weighted by molar-refractivity contribution is 7.19. The molecule has 0 N–H and O–H groups in total. The number of carbonyl (C=O) groups is 1. The Morgan fingerprint density at radius 1 is 0.960 bits per heavy atom. The number of Topliss-reactive ketones (excluding diaryl/α,β-unsaturated/α-hetero) is 1. The molecule has 0 aliphatic heterocycles. The number of thiazole rings is 1. The zero-order chi connectivity index (χ0) is 16.8. The molecule has 4 heteroatoms. The quantitative estimate of drug-likeness (QED) is 0.514. The van der Waals surface area contributed by atoms with Gasteiger partial charge in [-0.15, -0.1) is 0 Å². The summed E-state index contributed by atoms with van der Waals surface area (Å²) in [6.45, 7) is 0. The molecule has 1 aliphatic carbocycles. The molecule has 1 aliphatic rings. The van der Waals surface area contributed by atoms with E-state index in [1.807, 2.05) is 36.4 Å². The third-order valence-corrected chi connectivity index (χ3v) is 6.02. The molecule has 2 aromatic carbocycles. The lowest BCUT2D eigenvalue weighted by molar-refractivity contribution is 0.0967. The number of carbonyl (C=O) groups excluding carboxylic acids is 1. The molecule has 0 spiro atoms. The van der Waals surface area contributed by atoms with Crippen molar-refractivity contribution in [2.75, 3.05) is 0 Å². The second-order valence-electron chi connectivity index (χ2n) is 6.46. The van der Waals surface area contributed by atoms with E-state index in [0.29, 0.717) is 6.42 Å². The van der Waals surface area contributed by atoms with Crippen LogP contribution >= 0.6 is 11.3 Å². The Bertz CT molecular complexity index is 1060. The second-order valence-corrected chi connectivity index (χ2v) is 7.44. The van der Waals surface area contributed by atoms with Gasteiger partial charge in [0.25, 0.3) is 0 Å². The van der Waals surface area contributed by atoms with E-state index in [2.05, 4.69) is 34.9 Å². The van der Waals surface area contributed by atoms with Crippen LogP contribution in [0.1, 0.15) is 33.3 Å². The van der Waals surface area contributed by atoms with Crippen LogP contribution in [0.5, 0.6) is 0 Å². The molecule has 0 fully saturated rings. The number of fused-ring (bicyclic) bond motifs is 3. The maximum Gasteiger partial charge on any atom is 0.195 e. The van der Waals surface area contributed by atoms with Crippen molar-refractivity contribution in [3.8, 4) is 11.3 Å². The van der Waals surface area contributed by atoms with Crippen LogP contribution in [0, 0.1) is 0 Å². The average molecular weight is 344 g/mol. The standard InChI is InChI=1S/C21H16N2OS/c24-19-12-16(14-7-3-1-4-8-14)11-18-20(19)25-21-22-17(13-23(18)21)15-9-5-2-6-10-15/h1-10,13,16H,11-12H2. The van der Waals surface area contributed by atoms with Gasteiger partial charge in [-0.1, -0.05) is 72.0 Å². The first-order valence-electron chi connectivity index (χ1n) is 8.44. The average Bonchev–Trinajstić information content (AvgIpc) is 3.22. The van der Waals surface area contributed by atoms with Crippen molar-refractivity contribution in [2.45, 2.75) is 18.8 Å². The van der Waals surface area contributed by atoms with Crippen LogP contribution in [0.2, 0.25) is 0 Å². The van der Waals surface area contributed by atoms with Gasteiger partial charge in [0.1, 0.15) is 0 Å². The Kier molecular flexibility index (Phi) is 3.31. The summed E-state index contributed by atoms with van der Waals surface area (Å²) >= 11 is 1.52. The highest BCUT2D eigenvalue weighted by atomic mass is 32.1. The Morgan fingerprint density at radius 2 is 1.68 bits per heavy atom. The molecule has 0 amide bonds. The van der Waals surface area contributed by atoms with Crippen LogP contribution in [-0.4, -0.2) is 15.2 Å². The predicted molar refractivity (Wildman–Crippen MR) is 100 cm³/mol. The van der Waals surface area contributed by atoms with Crippen LogP contribution in [0.3, 0.4) is 0 Å². The predicted octanol–water partition coefficient (Wildman–Crippen LogP) is 4.98. The summed E-state index contributed by atoms with van der Waals surface area (Å²) in [4.78, 5) is 19.2. The fraction of sp³-hybridized carbons (Fsp3) is 0.143. The van der Waals surface area contributed by atoms with Crippen LogP contribution in [0.15, 0.2) is 66.9 Å². The molecule has 0 bridgehead atoms. The minimum Gasteiger partial charge on any atom is -0.293 e. The van der Waals surface area contributed by atoms with Gasteiger partial charge in [0.05, 0.1) is 10.6 Å². The molecule has 1 unspecified atom stereocenters. The zero-order valence-electron chi connectivity index (χ0n) is 13.6. The topological polar surface area (TPSA) is 34.4 Å². The second kappa shape index (κ2) is 5.67. The largest absolute Gasteiger partial charge is 0.293 e. The normalized spacial score (nSPS) is 17.0. The minimum atomic E-state index is 0.242. The monoisotopic (exact) mass is 344 g/mol. The van der Waals surface area contributed by atoms with Gasteiger partial charge in [0, 0.05) is 23.9 Å². The van der Waals surface area contributed by atoms with E-state index in [1.165, 1.54) is 16.9 Å². The van der Waals surface area contributed by atoms with Crippen LogP contribution in [0.4, 0.5) is 0 Å². The molecule has 4 aromatic rings. The minimum absolute atomic E-state index is 0.242. The molecule has 25 heavy (non-hydrogen) atoms. The lowest BCUT2D eigenvalue weighted by Gasteiger charge is -2.21. The number of rotatable bonds is 2. The van der Waals surface area contributed by atoms with Gasteiger partial charge in [0.15, 0.2) is 10.7 Å². The van der Waals surface area contributed by atoms with Crippen molar-refractivity contribution in [3.63, 3.8) is 0 Å². The van der Waals surface area contributed by atoms with Crippen LogP contribution in [0.25, 0.3) is 16.2 Å². The molecular formula is C21H16N2OS. The van der Waals surface area contributed by atoms with Gasteiger partial charge in [-0.25, -0.2) is 4.98 Å². The lowest BCUT2D eigenvalue weighted by Crippen LogP contribution is -2.18. The molecule has 0 radical (unpaired) electrons. The van der Waals surface area contributed by atoms with E-state index in [1.54, 1.807) is 0 Å². The van der Waals surface area contributed by atoms with Gasteiger partial charge < -0.3 is 0 Å². The van der Waals surface area contributed by atoms with Crippen molar-refractivity contribution in [1.29, 1.82) is 0 Å². The summed E-state index contributed by atoms with van der Waals surface area (Å²) < 4.78 is 2.12. The molecule has 1 atom stereocenters. The number of imidazole rings is 1. The first-order chi connectivity index (χ1) is 12.3. The molecule has 5 rings (SSSR count). The SMILES string of the molecule is O=C1CC(c2ccccc2)Cc2c1sc1nc(-c3ccccc3)cn21. The summed E-state index contributed by atoms with van der Waals surface area (Å²) in [6.07, 6.45) is 3.54. The van der Waals surface area contributed by atoms with Crippen molar-refractivity contribution < 1.29 is 4.79 Å². The Hall–Kier alpha value is -2.72. The summed E-state index contributed by atoms with van der Waals surface area (Å²) in [6, 6.07) is 20.5. The Labute approximate surface area is 149 Å². The summed E-state index contributed by atoms with van der Waals surface area (Å²) in [5, 5.41) is 0. The maximum absolute atomic E-state index is 12.7. The molecule has 122 valence electrons. The van der Waals surface area contributed by atoms with Crippen LogP contribution in [-0.2, 0) is 6.42 Å². The van der Waals surface area contributed by atoms with Gasteiger partial charge in [0.2, 0.25) is 0 Å².